The van der Waals surface area contributed by atoms with Gasteiger partial charge in [0.15, 0.2) is 0 Å². The van der Waals surface area contributed by atoms with Crippen molar-refractivity contribution in [3.05, 3.63) is 102 Å². The highest BCUT2D eigenvalue weighted by atomic mass is 16.5. The molecule has 0 unspecified atom stereocenters. The molecule has 30 heavy (non-hydrogen) atoms. The normalized spacial score (nSPS) is 10.5. The highest BCUT2D eigenvalue weighted by molar-refractivity contribution is 5.98. The van der Waals surface area contributed by atoms with Crippen molar-refractivity contribution in [2.24, 2.45) is 0 Å². The Balaban J connectivity index is 1.53. The molecule has 5 nitrogen and oxygen atoms in total. The zero-order valence-electron chi connectivity index (χ0n) is 17.0. The minimum absolute atomic E-state index is 0.0851. The minimum atomic E-state index is -0.339. The van der Waals surface area contributed by atoms with Crippen LogP contribution in [0.5, 0.6) is 5.75 Å². The molecular formula is C25H26N2O3. The Kier molecular flexibility index (Phi) is 7.61. The second-order valence-electron chi connectivity index (χ2n) is 6.90. The van der Waals surface area contributed by atoms with Gasteiger partial charge in [0.1, 0.15) is 5.75 Å². The molecule has 0 atom stereocenters. The fourth-order valence-electron chi connectivity index (χ4n) is 3.40. The van der Waals surface area contributed by atoms with Crippen LogP contribution >= 0.6 is 0 Å². The summed E-state index contributed by atoms with van der Waals surface area (Å²) in [5.74, 6) is 0.104. The lowest BCUT2D eigenvalue weighted by atomic mass is 9.88. The van der Waals surface area contributed by atoms with Gasteiger partial charge in [-0.3, -0.25) is 9.59 Å². The first-order valence-corrected chi connectivity index (χ1v) is 9.97. The third-order valence-corrected chi connectivity index (χ3v) is 4.92. The molecule has 2 amide bonds. The molecule has 0 aliphatic rings. The Morgan fingerprint density at radius 1 is 0.800 bits per heavy atom. The van der Waals surface area contributed by atoms with Gasteiger partial charge >= 0.3 is 0 Å². The van der Waals surface area contributed by atoms with E-state index in [-0.39, 0.29) is 24.3 Å². The molecule has 5 heteroatoms. The number of benzene rings is 3. The van der Waals surface area contributed by atoms with Crippen LogP contribution in [0.15, 0.2) is 84.9 Å². The molecule has 0 aliphatic carbocycles. The maximum absolute atomic E-state index is 12.3. The Labute approximate surface area is 177 Å². The summed E-state index contributed by atoms with van der Waals surface area (Å²) in [5.41, 5.74) is 2.82. The van der Waals surface area contributed by atoms with E-state index in [4.69, 9.17) is 4.74 Å². The molecule has 3 rings (SSSR count). The van der Waals surface area contributed by atoms with Crippen LogP contribution in [-0.2, 0) is 4.79 Å². The van der Waals surface area contributed by atoms with Gasteiger partial charge in [0.2, 0.25) is 5.91 Å². The number of hydrogen-bond donors (Lipinski definition) is 2. The number of amides is 2. The standard InChI is InChI=1S/C25H26N2O3/c1-30-23-15-9-8-14-22(23)25(29)27-18-24(28)26-17-16-21(19-10-4-2-5-11-19)20-12-6-3-7-13-20/h2-15,21H,16-18H2,1H3,(H,26,28)(H,27,29). The minimum Gasteiger partial charge on any atom is -0.496 e. The molecular weight excluding hydrogens is 376 g/mol. The monoisotopic (exact) mass is 402 g/mol. The van der Waals surface area contributed by atoms with Crippen molar-refractivity contribution in [1.29, 1.82) is 0 Å². The van der Waals surface area contributed by atoms with Crippen LogP contribution in [0.4, 0.5) is 0 Å². The van der Waals surface area contributed by atoms with Crippen molar-refractivity contribution < 1.29 is 14.3 Å². The van der Waals surface area contributed by atoms with Crippen LogP contribution in [0.2, 0.25) is 0 Å². The summed E-state index contributed by atoms with van der Waals surface area (Å²) in [4.78, 5) is 24.5. The molecule has 0 spiro atoms. The number of para-hydroxylation sites is 1. The van der Waals surface area contributed by atoms with Gasteiger partial charge in [0.05, 0.1) is 19.2 Å². The first kappa shape index (κ1) is 21.1. The summed E-state index contributed by atoms with van der Waals surface area (Å²) in [5, 5.41) is 5.55. The summed E-state index contributed by atoms with van der Waals surface area (Å²) in [6.07, 6.45) is 0.764. The predicted octanol–water partition coefficient (Wildman–Crippen LogP) is 3.76. The molecule has 3 aromatic carbocycles. The largest absolute Gasteiger partial charge is 0.496 e. The highest BCUT2D eigenvalue weighted by Gasteiger charge is 2.15. The average molecular weight is 402 g/mol. The topological polar surface area (TPSA) is 67.4 Å². The lowest BCUT2D eigenvalue weighted by Gasteiger charge is -2.18. The number of ether oxygens (including phenoxy) is 1. The number of carbonyl (C=O) groups is 2. The second-order valence-corrected chi connectivity index (χ2v) is 6.90. The van der Waals surface area contributed by atoms with E-state index in [2.05, 4.69) is 34.9 Å². The maximum Gasteiger partial charge on any atom is 0.255 e. The van der Waals surface area contributed by atoms with E-state index in [1.165, 1.54) is 18.2 Å². The van der Waals surface area contributed by atoms with E-state index in [1.54, 1.807) is 24.3 Å². The van der Waals surface area contributed by atoms with Crippen LogP contribution in [0.1, 0.15) is 33.8 Å². The van der Waals surface area contributed by atoms with Crippen LogP contribution in [0.3, 0.4) is 0 Å². The molecule has 154 valence electrons. The van der Waals surface area contributed by atoms with Crippen molar-refractivity contribution in [3.8, 4) is 5.75 Å². The predicted molar refractivity (Wildman–Crippen MR) is 118 cm³/mol. The molecule has 0 fully saturated rings. The fraction of sp³-hybridized carbons (Fsp3) is 0.200. The zero-order valence-corrected chi connectivity index (χ0v) is 17.0. The van der Waals surface area contributed by atoms with E-state index in [0.717, 1.165) is 6.42 Å². The third kappa shape index (κ3) is 5.70. The first-order valence-electron chi connectivity index (χ1n) is 9.97. The summed E-state index contributed by atoms with van der Waals surface area (Å²) in [6.45, 7) is 0.427. The third-order valence-electron chi connectivity index (χ3n) is 4.92. The molecule has 0 bridgehead atoms. The Morgan fingerprint density at radius 2 is 1.37 bits per heavy atom. The zero-order chi connectivity index (χ0) is 21.2. The summed E-state index contributed by atoms with van der Waals surface area (Å²) in [6, 6.07) is 27.4. The van der Waals surface area contributed by atoms with E-state index in [0.29, 0.717) is 17.9 Å². The van der Waals surface area contributed by atoms with Crippen LogP contribution in [0, 0.1) is 0 Å². The second kappa shape index (κ2) is 10.8. The average Bonchev–Trinajstić information content (AvgIpc) is 2.81. The van der Waals surface area contributed by atoms with Crippen molar-refractivity contribution in [2.45, 2.75) is 12.3 Å². The fourth-order valence-corrected chi connectivity index (χ4v) is 3.40. The lowest BCUT2D eigenvalue weighted by molar-refractivity contribution is -0.120. The maximum atomic E-state index is 12.3. The quantitative estimate of drug-likeness (QED) is 0.573. The van der Waals surface area contributed by atoms with Gasteiger partial charge in [-0.25, -0.2) is 0 Å². The van der Waals surface area contributed by atoms with Gasteiger partial charge < -0.3 is 15.4 Å². The Hall–Kier alpha value is -3.60. The van der Waals surface area contributed by atoms with E-state index < -0.39 is 0 Å². The number of carbonyl (C=O) groups excluding carboxylic acids is 2. The molecule has 2 N–H and O–H groups in total. The van der Waals surface area contributed by atoms with Crippen LogP contribution in [0.25, 0.3) is 0 Å². The number of nitrogens with one attached hydrogen (secondary N) is 2. The molecule has 3 aromatic rings. The van der Waals surface area contributed by atoms with Crippen molar-refractivity contribution in [2.75, 3.05) is 20.2 Å². The lowest BCUT2D eigenvalue weighted by Crippen LogP contribution is -2.37. The van der Waals surface area contributed by atoms with Gasteiger partial charge in [-0.15, -0.1) is 0 Å². The van der Waals surface area contributed by atoms with Gasteiger partial charge in [-0.05, 0) is 29.7 Å². The summed E-state index contributed by atoms with van der Waals surface area (Å²) in [7, 11) is 1.51. The van der Waals surface area contributed by atoms with Crippen molar-refractivity contribution >= 4 is 11.8 Å². The van der Waals surface area contributed by atoms with Gasteiger partial charge in [-0.1, -0.05) is 72.8 Å². The Morgan fingerprint density at radius 3 is 1.97 bits per heavy atom. The molecule has 0 radical (unpaired) electrons. The SMILES string of the molecule is COc1ccccc1C(=O)NCC(=O)NCCC(c1ccccc1)c1ccccc1. The van der Waals surface area contributed by atoms with Gasteiger partial charge in [-0.2, -0.15) is 0 Å². The van der Waals surface area contributed by atoms with E-state index >= 15 is 0 Å². The van der Waals surface area contributed by atoms with Crippen molar-refractivity contribution in [1.82, 2.24) is 10.6 Å². The molecule has 0 aromatic heterocycles. The number of hydrogen-bond acceptors (Lipinski definition) is 3. The van der Waals surface area contributed by atoms with Crippen molar-refractivity contribution in [3.63, 3.8) is 0 Å². The van der Waals surface area contributed by atoms with Gasteiger partial charge in [0.25, 0.3) is 5.91 Å². The van der Waals surface area contributed by atoms with E-state index in [9.17, 15) is 9.59 Å². The van der Waals surface area contributed by atoms with E-state index in [1.807, 2.05) is 36.4 Å². The van der Waals surface area contributed by atoms with Crippen LogP contribution in [-0.4, -0.2) is 32.0 Å². The summed E-state index contributed by atoms with van der Waals surface area (Å²) < 4.78 is 5.19. The van der Waals surface area contributed by atoms with Crippen LogP contribution < -0.4 is 15.4 Å². The molecule has 0 saturated heterocycles. The smallest absolute Gasteiger partial charge is 0.255 e. The van der Waals surface area contributed by atoms with Gasteiger partial charge in [0, 0.05) is 12.5 Å². The molecule has 0 saturated carbocycles. The Bertz CT molecular complexity index is 919. The highest BCUT2D eigenvalue weighted by Crippen LogP contribution is 2.27. The summed E-state index contributed by atoms with van der Waals surface area (Å²) >= 11 is 0. The molecule has 0 heterocycles. The first-order chi connectivity index (χ1) is 14.7. The molecule has 0 aliphatic heterocycles. The number of rotatable bonds is 9. The number of methoxy groups -OCH3 is 1.